The Kier molecular flexibility index (Phi) is 4.44. The number of aryl methyl sites for hydroxylation is 2. The van der Waals surface area contributed by atoms with Crippen molar-refractivity contribution in [3.63, 3.8) is 0 Å². The largest absolute Gasteiger partial charge is 0.480 e. The highest BCUT2D eigenvalue weighted by Gasteiger charge is 2.26. The summed E-state index contributed by atoms with van der Waals surface area (Å²) >= 11 is 0. The maximum absolute atomic E-state index is 12.3. The number of likely N-dealkylation sites (tertiary alicyclic amines) is 1. The molecule has 0 unspecified atom stereocenters. The van der Waals surface area contributed by atoms with E-state index >= 15 is 0 Å². The molecule has 1 aromatic rings. The van der Waals surface area contributed by atoms with Crippen molar-refractivity contribution >= 4 is 11.9 Å². The van der Waals surface area contributed by atoms with Crippen LogP contribution in [0.4, 0.5) is 0 Å². The van der Waals surface area contributed by atoms with Gasteiger partial charge in [0.15, 0.2) is 0 Å². The lowest BCUT2D eigenvalue weighted by atomic mass is 10.1. The van der Waals surface area contributed by atoms with Crippen LogP contribution in [0.5, 0.6) is 0 Å². The van der Waals surface area contributed by atoms with Gasteiger partial charge in [-0.1, -0.05) is 0 Å². The Hall–Kier alpha value is -1.82. The van der Waals surface area contributed by atoms with E-state index in [1.54, 1.807) is 17.9 Å². The average molecular weight is 281 g/mol. The summed E-state index contributed by atoms with van der Waals surface area (Å²) in [4.78, 5) is 24.5. The molecule has 1 amide bonds. The van der Waals surface area contributed by atoms with Crippen LogP contribution in [0.1, 0.15) is 34.7 Å². The summed E-state index contributed by atoms with van der Waals surface area (Å²) in [6, 6.07) is 1.75. The van der Waals surface area contributed by atoms with Crippen LogP contribution in [-0.2, 0) is 9.53 Å². The molecule has 0 aliphatic carbocycles. The molecule has 1 fully saturated rings. The SMILES string of the molecule is Cc1cc(C(=O)N2CCC(OCC(=O)O)CC2)c(C)o1. The number of rotatable bonds is 4. The van der Waals surface area contributed by atoms with Crippen LogP contribution in [-0.4, -0.2) is 47.7 Å². The van der Waals surface area contributed by atoms with Gasteiger partial charge in [0.25, 0.3) is 5.91 Å². The van der Waals surface area contributed by atoms with Gasteiger partial charge in [-0.15, -0.1) is 0 Å². The molecule has 1 aromatic heterocycles. The molecule has 0 radical (unpaired) electrons. The van der Waals surface area contributed by atoms with Crippen LogP contribution in [0.2, 0.25) is 0 Å². The summed E-state index contributed by atoms with van der Waals surface area (Å²) in [6.45, 7) is 4.47. The Labute approximate surface area is 117 Å². The number of hydrogen-bond acceptors (Lipinski definition) is 4. The number of carbonyl (C=O) groups excluding carboxylic acids is 1. The summed E-state index contributed by atoms with van der Waals surface area (Å²) in [5.41, 5.74) is 0.604. The first-order chi connectivity index (χ1) is 9.47. The van der Waals surface area contributed by atoms with E-state index in [4.69, 9.17) is 14.3 Å². The molecule has 1 saturated heterocycles. The number of carbonyl (C=O) groups is 2. The molecule has 0 saturated carbocycles. The zero-order valence-electron chi connectivity index (χ0n) is 11.7. The molecule has 0 aromatic carbocycles. The number of hydrogen-bond donors (Lipinski definition) is 1. The van der Waals surface area contributed by atoms with Gasteiger partial charge in [0, 0.05) is 13.1 Å². The lowest BCUT2D eigenvalue weighted by molar-refractivity contribution is -0.145. The van der Waals surface area contributed by atoms with Gasteiger partial charge in [0.1, 0.15) is 18.1 Å². The smallest absolute Gasteiger partial charge is 0.329 e. The number of furan rings is 1. The molecule has 20 heavy (non-hydrogen) atoms. The van der Waals surface area contributed by atoms with E-state index in [0.29, 0.717) is 37.3 Å². The Morgan fingerprint density at radius 3 is 2.55 bits per heavy atom. The molecular formula is C14H19NO5. The number of amides is 1. The summed E-state index contributed by atoms with van der Waals surface area (Å²) in [6.07, 6.45) is 1.24. The average Bonchev–Trinajstić information content (AvgIpc) is 2.75. The lowest BCUT2D eigenvalue weighted by Gasteiger charge is -2.31. The minimum Gasteiger partial charge on any atom is -0.480 e. The summed E-state index contributed by atoms with van der Waals surface area (Å²) in [7, 11) is 0. The number of nitrogens with zero attached hydrogens (tertiary/aromatic N) is 1. The predicted octanol–water partition coefficient (Wildman–Crippen LogP) is 1.60. The minimum absolute atomic E-state index is 0.0314. The topological polar surface area (TPSA) is 80.0 Å². The van der Waals surface area contributed by atoms with E-state index in [1.165, 1.54) is 0 Å². The predicted molar refractivity (Wildman–Crippen MR) is 70.7 cm³/mol. The molecule has 110 valence electrons. The van der Waals surface area contributed by atoms with Crippen molar-refractivity contribution < 1.29 is 23.8 Å². The van der Waals surface area contributed by atoms with E-state index in [0.717, 1.165) is 5.76 Å². The van der Waals surface area contributed by atoms with Gasteiger partial charge in [-0.25, -0.2) is 4.79 Å². The second-order valence-corrected chi connectivity index (χ2v) is 5.02. The molecule has 1 aliphatic heterocycles. The van der Waals surface area contributed by atoms with Gasteiger partial charge in [0.05, 0.1) is 11.7 Å². The number of aliphatic carboxylic acids is 1. The van der Waals surface area contributed by atoms with Crippen molar-refractivity contribution in [2.24, 2.45) is 0 Å². The molecule has 1 N–H and O–H groups in total. The molecule has 0 bridgehead atoms. The van der Waals surface area contributed by atoms with Gasteiger partial charge >= 0.3 is 5.97 Å². The van der Waals surface area contributed by atoms with Crippen molar-refractivity contribution in [1.29, 1.82) is 0 Å². The maximum atomic E-state index is 12.3. The van der Waals surface area contributed by atoms with Crippen molar-refractivity contribution in [3.8, 4) is 0 Å². The fourth-order valence-electron chi connectivity index (χ4n) is 2.43. The summed E-state index contributed by atoms with van der Waals surface area (Å²) in [5, 5.41) is 8.57. The third-order valence-electron chi connectivity index (χ3n) is 3.44. The van der Waals surface area contributed by atoms with Gasteiger partial charge < -0.3 is 19.2 Å². The zero-order chi connectivity index (χ0) is 14.7. The molecule has 1 aliphatic rings. The second-order valence-electron chi connectivity index (χ2n) is 5.02. The highest BCUT2D eigenvalue weighted by molar-refractivity contribution is 5.95. The van der Waals surface area contributed by atoms with E-state index in [9.17, 15) is 9.59 Å². The number of piperidine rings is 1. The van der Waals surface area contributed by atoms with Gasteiger partial charge in [-0.05, 0) is 32.8 Å². The third kappa shape index (κ3) is 3.39. The van der Waals surface area contributed by atoms with E-state index in [1.807, 2.05) is 6.92 Å². The molecular weight excluding hydrogens is 262 g/mol. The van der Waals surface area contributed by atoms with Crippen LogP contribution in [0.3, 0.4) is 0 Å². The Balaban J connectivity index is 1.89. The van der Waals surface area contributed by atoms with Crippen LogP contribution in [0.25, 0.3) is 0 Å². The fourth-order valence-corrected chi connectivity index (χ4v) is 2.43. The minimum atomic E-state index is -0.965. The Morgan fingerprint density at radius 1 is 1.40 bits per heavy atom. The van der Waals surface area contributed by atoms with E-state index in [2.05, 4.69) is 0 Å². The molecule has 2 heterocycles. The van der Waals surface area contributed by atoms with Gasteiger partial charge in [-0.2, -0.15) is 0 Å². The van der Waals surface area contributed by atoms with Crippen molar-refractivity contribution in [1.82, 2.24) is 4.90 Å². The van der Waals surface area contributed by atoms with Crippen molar-refractivity contribution in [2.75, 3.05) is 19.7 Å². The van der Waals surface area contributed by atoms with Crippen LogP contribution >= 0.6 is 0 Å². The standard InChI is InChI=1S/C14H19NO5/c1-9-7-12(10(2)20-9)14(18)15-5-3-11(4-6-15)19-8-13(16)17/h7,11H,3-6,8H2,1-2H3,(H,16,17). The maximum Gasteiger partial charge on any atom is 0.329 e. The number of carboxylic acid groups (broad SMARTS) is 1. The second kappa shape index (κ2) is 6.09. The first kappa shape index (κ1) is 14.6. The first-order valence-corrected chi connectivity index (χ1v) is 6.67. The molecule has 0 atom stereocenters. The van der Waals surface area contributed by atoms with Crippen LogP contribution in [0, 0.1) is 13.8 Å². The number of carboxylic acids is 1. The Morgan fingerprint density at radius 2 is 2.05 bits per heavy atom. The highest BCUT2D eigenvalue weighted by Crippen LogP contribution is 2.20. The van der Waals surface area contributed by atoms with Crippen molar-refractivity contribution in [2.45, 2.75) is 32.8 Å². The van der Waals surface area contributed by atoms with Crippen LogP contribution < -0.4 is 0 Å². The molecule has 6 heteroatoms. The Bertz CT molecular complexity index is 500. The summed E-state index contributed by atoms with van der Waals surface area (Å²) < 4.78 is 10.6. The highest BCUT2D eigenvalue weighted by atomic mass is 16.5. The first-order valence-electron chi connectivity index (χ1n) is 6.67. The summed E-state index contributed by atoms with van der Waals surface area (Å²) in [5.74, 6) is 0.367. The van der Waals surface area contributed by atoms with Gasteiger partial charge in [0.2, 0.25) is 0 Å². The third-order valence-corrected chi connectivity index (χ3v) is 3.44. The molecule has 2 rings (SSSR count). The monoisotopic (exact) mass is 281 g/mol. The quantitative estimate of drug-likeness (QED) is 0.906. The van der Waals surface area contributed by atoms with E-state index < -0.39 is 5.97 Å². The normalized spacial score (nSPS) is 16.4. The fraction of sp³-hybridized carbons (Fsp3) is 0.571. The van der Waals surface area contributed by atoms with Gasteiger partial charge in [-0.3, -0.25) is 4.79 Å². The lowest BCUT2D eigenvalue weighted by Crippen LogP contribution is -2.41. The zero-order valence-corrected chi connectivity index (χ0v) is 11.7. The molecule has 6 nitrogen and oxygen atoms in total. The molecule has 0 spiro atoms. The van der Waals surface area contributed by atoms with Crippen LogP contribution in [0.15, 0.2) is 10.5 Å². The van der Waals surface area contributed by atoms with Crippen molar-refractivity contribution in [3.05, 3.63) is 23.2 Å². The number of ether oxygens (including phenoxy) is 1. The van der Waals surface area contributed by atoms with E-state index in [-0.39, 0.29) is 18.6 Å².